The van der Waals surface area contributed by atoms with Crippen LogP contribution in [0.4, 0.5) is 5.69 Å². The summed E-state index contributed by atoms with van der Waals surface area (Å²) in [5, 5.41) is 3.39. The normalized spacial score (nSPS) is 10.4. The molecular formula is C13H21NO. The molecule has 1 aromatic carbocycles. The zero-order valence-corrected chi connectivity index (χ0v) is 9.92. The highest BCUT2D eigenvalue weighted by Gasteiger charge is 1.95. The fourth-order valence-electron chi connectivity index (χ4n) is 1.34. The summed E-state index contributed by atoms with van der Waals surface area (Å²) in [5.41, 5.74) is 1.17. The largest absolute Gasteiger partial charge is 0.494 e. The molecule has 0 aliphatic heterocycles. The Morgan fingerprint density at radius 1 is 1.20 bits per heavy atom. The SMILES string of the molecule is CCOc1ccc(NCCC(C)C)cc1. The van der Waals surface area contributed by atoms with Gasteiger partial charge in [0, 0.05) is 12.2 Å². The minimum Gasteiger partial charge on any atom is -0.494 e. The Balaban J connectivity index is 2.36. The zero-order valence-electron chi connectivity index (χ0n) is 9.92. The van der Waals surface area contributed by atoms with Crippen LogP contribution in [0.2, 0.25) is 0 Å². The van der Waals surface area contributed by atoms with Crippen LogP contribution >= 0.6 is 0 Å². The number of hydrogen-bond donors (Lipinski definition) is 1. The van der Waals surface area contributed by atoms with Crippen molar-refractivity contribution in [1.29, 1.82) is 0 Å². The Kier molecular flexibility index (Phi) is 5.02. The number of nitrogens with one attached hydrogen (secondary N) is 1. The molecule has 0 atom stereocenters. The summed E-state index contributed by atoms with van der Waals surface area (Å²) in [6.07, 6.45) is 1.20. The maximum Gasteiger partial charge on any atom is 0.119 e. The van der Waals surface area contributed by atoms with Gasteiger partial charge in [-0.05, 0) is 43.5 Å². The number of benzene rings is 1. The highest BCUT2D eigenvalue weighted by molar-refractivity contribution is 5.46. The molecular weight excluding hydrogens is 186 g/mol. The lowest BCUT2D eigenvalue weighted by Crippen LogP contribution is -2.04. The molecule has 0 aliphatic carbocycles. The molecule has 0 aliphatic rings. The van der Waals surface area contributed by atoms with Crippen LogP contribution < -0.4 is 10.1 Å². The van der Waals surface area contributed by atoms with E-state index in [2.05, 4.69) is 31.3 Å². The van der Waals surface area contributed by atoms with Crippen LogP contribution in [0.3, 0.4) is 0 Å². The van der Waals surface area contributed by atoms with E-state index in [1.54, 1.807) is 0 Å². The van der Waals surface area contributed by atoms with Crippen LogP contribution in [0.1, 0.15) is 27.2 Å². The smallest absolute Gasteiger partial charge is 0.119 e. The van der Waals surface area contributed by atoms with Gasteiger partial charge in [-0.1, -0.05) is 13.8 Å². The second kappa shape index (κ2) is 6.33. The fourth-order valence-corrected chi connectivity index (χ4v) is 1.34. The van der Waals surface area contributed by atoms with Crippen LogP contribution in [0.15, 0.2) is 24.3 Å². The van der Waals surface area contributed by atoms with Crippen molar-refractivity contribution in [3.05, 3.63) is 24.3 Å². The van der Waals surface area contributed by atoms with Crippen LogP contribution in [-0.2, 0) is 0 Å². The topological polar surface area (TPSA) is 21.3 Å². The molecule has 1 N–H and O–H groups in total. The fraction of sp³-hybridized carbons (Fsp3) is 0.538. The van der Waals surface area contributed by atoms with Gasteiger partial charge in [-0.15, -0.1) is 0 Å². The van der Waals surface area contributed by atoms with Crippen molar-refractivity contribution in [3.8, 4) is 5.75 Å². The van der Waals surface area contributed by atoms with Crippen LogP contribution in [0.5, 0.6) is 5.75 Å². The van der Waals surface area contributed by atoms with Gasteiger partial charge in [0.1, 0.15) is 5.75 Å². The first kappa shape index (κ1) is 11.9. The van der Waals surface area contributed by atoms with Crippen molar-refractivity contribution in [1.82, 2.24) is 0 Å². The average molecular weight is 207 g/mol. The van der Waals surface area contributed by atoms with E-state index in [0.29, 0.717) is 0 Å². The molecule has 84 valence electrons. The van der Waals surface area contributed by atoms with E-state index in [1.807, 2.05) is 19.1 Å². The molecule has 15 heavy (non-hydrogen) atoms. The quantitative estimate of drug-likeness (QED) is 0.770. The standard InChI is InChI=1S/C13H21NO/c1-4-15-13-7-5-12(6-8-13)14-10-9-11(2)3/h5-8,11,14H,4,9-10H2,1-3H3. The van der Waals surface area contributed by atoms with E-state index in [1.165, 1.54) is 12.1 Å². The van der Waals surface area contributed by atoms with Gasteiger partial charge in [0.2, 0.25) is 0 Å². The van der Waals surface area contributed by atoms with E-state index in [4.69, 9.17) is 4.74 Å². The van der Waals surface area contributed by atoms with Gasteiger partial charge in [-0.3, -0.25) is 0 Å². The first-order valence-corrected chi connectivity index (χ1v) is 5.69. The number of hydrogen-bond acceptors (Lipinski definition) is 2. The molecule has 0 saturated heterocycles. The summed E-state index contributed by atoms with van der Waals surface area (Å²) in [6, 6.07) is 8.12. The van der Waals surface area contributed by atoms with Gasteiger partial charge in [0.05, 0.1) is 6.61 Å². The van der Waals surface area contributed by atoms with Gasteiger partial charge in [0.25, 0.3) is 0 Å². The maximum absolute atomic E-state index is 5.38. The Bertz CT molecular complexity index is 266. The third-order valence-corrected chi connectivity index (χ3v) is 2.22. The Morgan fingerprint density at radius 2 is 1.87 bits per heavy atom. The maximum atomic E-state index is 5.38. The lowest BCUT2D eigenvalue weighted by atomic mass is 10.1. The molecule has 0 bridgehead atoms. The minimum absolute atomic E-state index is 0.722. The lowest BCUT2D eigenvalue weighted by Gasteiger charge is -2.09. The zero-order chi connectivity index (χ0) is 11.1. The van der Waals surface area contributed by atoms with Gasteiger partial charge < -0.3 is 10.1 Å². The van der Waals surface area contributed by atoms with E-state index in [0.717, 1.165) is 24.8 Å². The van der Waals surface area contributed by atoms with Gasteiger partial charge in [-0.25, -0.2) is 0 Å². The highest BCUT2D eigenvalue weighted by atomic mass is 16.5. The molecule has 1 aromatic rings. The molecule has 1 rings (SSSR count). The van der Waals surface area contributed by atoms with Crippen molar-refractivity contribution in [2.45, 2.75) is 27.2 Å². The third-order valence-electron chi connectivity index (χ3n) is 2.22. The summed E-state index contributed by atoms with van der Waals surface area (Å²) >= 11 is 0. The second-order valence-corrected chi connectivity index (χ2v) is 4.07. The van der Waals surface area contributed by atoms with Crippen molar-refractivity contribution in [2.24, 2.45) is 5.92 Å². The van der Waals surface area contributed by atoms with Gasteiger partial charge >= 0.3 is 0 Å². The summed E-state index contributed by atoms with van der Waals surface area (Å²) in [5.74, 6) is 1.69. The van der Waals surface area contributed by atoms with Crippen molar-refractivity contribution in [2.75, 3.05) is 18.5 Å². The molecule has 0 unspecified atom stereocenters. The first-order chi connectivity index (χ1) is 7.22. The van der Waals surface area contributed by atoms with Crippen LogP contribution in [-0.4, -0.2) is 13.2 Å². The summed E-state index contributed by atoms with van der Waals surface area (Å²) in [6.45, 7) is 8.22. The molecule has 0 radical (unpaired) electrons. The predicted molar refractivity (Wildman–Crippen MR) is 65.6 cm³/mol. The van der Waals surface area contributed by atoms with E-state index >= 15 is 0 Å². The van der Waals surface area contributed by atoms with Crippen LogP contribution in [0.25, 0.3) is 0 Å². The Morgan fingerprint density at radius 3 is 2.40 bits per heavy atom. The number of ether oxygens (including phenoxy) is 1. The highest BCUT2D eigenvalue weighted by Crippen LogP contribution is 2.15. The van der Waals surface area contributed by atoms with E-state index in [9.17, 15) is 0 Å². The minimum atomic E-state index is 0.722. The third kappa shape index (κ3) is 4.73. The first-order valence-electron chi connectivity index (χ1n) is 5.69. The summed E-state index contributed by atoms with van der Waals surface area (Å²) in [7, 11) is 0. The van der Waals surface area contributed by atoms with Gasteiger partial charge in [-0.2, -0.15) is 0 Å². The monoisotopic (exact) mass is 207 g/mol. The molecule has 0 heterocycles. The summed E-state index contributed by atoms with van der Waals surface area (Å²) < 4.78 is 5.38. The van der Waals surface area contributed by atoms with Crippen molar-refractivity contribution in [3.63, 3.8) is 0 Å². The molecule has 0 spiro atoms. The predicted octanol–water partition coefficient (Wildman–Crippen LogP) is 3.54. The van der Waals surface area contributed by atoms with Crippen molar-refractivity contribution < 1.29 is 4.74 Å². The second-order valence-electron chi connectivity index (χ2n) is 4.07. The van der Waals surface area contributed by atoms with E-state index in [-0.39, 0.29) is 0 Å². The van der Waals surface area contributed by atoms with E-state index < -0.39 is 0 Å². The Hall–Kier alpha value is -1.18. The molecule has 0 saturated carbocycles. The van der Waals surface area contributed by atoms with Gasteiger partial charge in [0.15, 0.2) is 0 Å². The molecule has 0 fully saturated rings. The summed E-state index contributed by atoms with van der Waals surface area (Å²) in [4.78, 5) is 0. The molecule has 2 nitrogen and oxygen atoms in total. The number of anilines is 1. The average Bonchev–Trinajstić information content (AvgIpc) is 2.20. The molecule has 0 aromatic heterocycles. The molecule has 0 amide bonds. The van der Waals surface area contributed by atoms with Crippen molar-refractivity contribution >= 4 is 5.69 Å². The lowest BCUT2D eigenvalue weighted by molar-refractivity contribution is 0.340. The van der Waals surface area contributed by atoms with Crippen LogP contribution in [0, 0.1) is 5.92 Å². The Labute approximate surface area is 92.6 Å². The molecule has 2 heteroatoms. The number of rotatable bonds is 6.